The Balaban J connectivity index is 1.71. The Bertz CT molecular complexity index is 933. The molecule has 0 bridgehead atoms. The Kier molecular flexibility index (Phi) is 5.36. The lowest BCUT2D eigenvalue weighted by Gasteiger charge is -2.18. The number of hydrogen-bond acceptors (Lipinski definition) is 4. The second kappa shape index (κ2) is 7.56. The number of aryl methyl sites for hydroxylation is 1. The number of rotatable bonds is 5. The molecule has 1 amide bonds. The van der Waals surface area contributed by atoms with Gasteiger partial charge in [0.25, 0.3) is 0 Å². The van der Waals surface area contributed by atoms with Crippen LogP contribution in [0.5, 0.6) is 0 Å². The van der Waals surface area contributed by atoms with E-state index < -0.39 is 17.6 Å². The second-order valence-electron chi connectivity index (χ2n) is 6.25. The molecule has 8 heteroatoms. The summed E-state index contributed by atoms with van der Waals surface area (Å²) >= 11 is 1.48. The number of nitrogens with one attached hydrogen (secondary N) is 1. The number of carbonyl (C=O) groups excluding carboxylic acids is 1. The van der Waals surface area contributed by atoms with Gasteiger partial charge in [-0.25, -0.2) is 4.98 Å². The molecule has 0 saturated heterocycles. The Morgan fingerprint density at radius 3 is 2.59 bits per heavy atom. The van der Waals surface area contributed by atoms with Crippen molar-refractivity contribution in [3.05, 3.63) is 53.0 Å². The molecule has 1 aromatic heterocycles. The van der Waals surface area contributed by atoms with Gasteiger partial charge in [-0.2, -0.15) is 13.2 Å². The minimum absolute atomic E-state index is 0.0621. The Morgan fingerprint density at radius 2 is 1.93 bits per heavy atom. The molecule has 0 unspecified atom stereocenters. The van der Waals surface area contributed by atoms with Crippen LogP contribution in [0.25, 0.3) is 10.2 Å². The molecule has 3 rings (SSSR count). The lowest BCUT2D eigenvalue weighted by molar-refractivity contribution is -0.136. The van der Waals surface area contributed by atoms with Gasteiger partial charge in [0.2, 0.25) is 5.91 Å². The first-order valence-electron chi connectivity index (χ1n) is 8.27. The number of halogens is 3. The highest BCUT2D eigenvalue weighted by atomic mass is 32.1. The molecule has 0 fully saturated rings. The van der Waals surface area contributed by atoms with Gasteiger partial charge in [0.05, 0.1) is 26.5 Å². The van der Waals surface area contributed by atoms with Gasteiger partial charge in [-0.05, 0) is 30.3 Å². The maximum Gasteiger partial charge on any atom is 0.418 e. The molecule has 0 aliphatic carbocycles. The smallest absolute Gasteiger partial charge is 0.378 e. The largest absolute Gasteiger partial charge is 0.418 e. The SMILES string of the molecule is CN(C)c1ccc(NC(=O)CCc2nc3ccccc3s2)c(C(F)(F)F)c1. The third-order valence-corrected chi connectivity index (χ3v) is 5.10. The first-order valence-corrected chi connectivity index (χ1v) is 9.08. The summed E-state index contributed by atoms with van der Waals surface area (Å²) in [5.74, 6) is -0.475. The number of benzene rings is 2. The summed E-state index contributed by atoms with van der Waals surface area (Å²) in [5, 5.41) is 3.17. The zero-order valence-electron chi connectivity index (χ0n) is 14.8. The van der Waals surface area contributed by atoms with Crippen LogP contribution in [0.3, 0.4) is 0 Å². The molecule has 4 nitrogen and oxygen atoms in total. The molecule has 142 valence electrons. The number of fused-ring (bicyclic) bond motifs is 1. The zero-order valence-corrected chi connectivity index (χ0v) is 15.6. The van der Waals surface area contributed by atoms with Crippen molar-refractivity contribution < 1.29 is 18.0 Å². The number of anilines is 2. The summed E-state index contributed by atoms with van der Waals surface area (Å²) in [5.41, 5.74) is 0.177. The molecule has 1 N–H and O–H groups in total. The highest BCUT2D eigenvalue weighted by Crippen LogP contribution is 2.37. The first kappa shape index (κ1) is 19.2. The fraction of sp³-hybridized carbons (Fsp3) is 0.263. The minimum atomic E-state index is -4.55. The van der Waals surface area contributed by atoms with E-state index in [-0.39, 0.29) is 12.1 Å². The number of para-hydroxylation sites is 1. The molecular formula is C19H18F3N3OS. The number of hydrogen-bond donors (Lipinski definition) is 1. The highest BCUT2D eigenvalue weighted by molar-refractivity contribution is 7.18. The highest BCUT2D eigenvalue weighted by Gasteiger charge is 2.34. The van der Waals surface area contributed by atoms with Crippen molar-refractivity contribution in [1.82, 2.24) is 4.98 Å². The quantitative estimate of drug-likeness (QED) is 0.667. The summed E-state index contributed by atoms with van der Waals surface area (Å²) in [6.07, 6.45) is -4.11. The maximum absolute atomic E-state index is 13.3. The maximum atomic E-state index is 13.3. The van der Waals surface area contributed by atoms with E-state index in [1.165, 1.54) is 17.4 Å². The zero-order chi connectivity index (χ0) is 19.6. The van der Waals surface area contributed by atoms with Gasteiger partial charge in [-0.1, -0.05) is 12.1 Å². The normalized spacial score (nSPS) is 11.6. The number of thiazole rings is 1. The number of nitrogens with zero attached hydrogens (tertiary/aromatic N) is 2. The molecule has 3 aromatic rings. The lowest BCUT2D eigenvalue weighted by atomic mass is 10.1. The molecule has 0 spiro atoms. The van der Waals surface area contributed by atoms with Crippen molar-refractivity contribution in [3.63, 3.8) is 0 Å². The Morgan fingerprint density at radius 1 is 1.19 bits per heavy atom. The topological polar surface area (TPSA) is 45.2 Å². The number of carbonyl (C=O) groups is 1. The summed E-state index contributed by atoms with van der Waals surface area (Å²) in [6.45, 7) is 0. The number of aromatic nitrogens is 1. The second-order valence-corrected chi connectivity index (χ2v) is 7.36. The molecule has 27 heavy (non-hydrogen) atoms. The van der Waals surface area contributed by atoms with E-state index in [1.54, 1.807) is 25.1 Å². The monoisotopic (exact) mass is 393 g/mol. The van der Waals surface area contributed by atoms with Crippen LogP contribution < -0.4 is 10.2 Å². The summed E-state index contributed by atoms with van der Waals surface area (Å²) in [4.78, 5) is 18.2. The average Bonchev–Trinajstić information content (AvgIpc) is 3.02. The fourth-order valence-electron chi connectivity index (χ4n) is 2.61. The minimum Gasteiger partial charge on any atom is -0.378 e. The first-order chi connectivity index (χ1) is 12.7. The summed E-state index contributed by atoms with van der Waals surface area (Å²) in [7, 11) is 3.32. The number of alkyl halides is 3. The third kappa shape index (κ3) is 4.57. The van der Waals surface area contributed by atoms with E-state index in [0.29, 0.717) is 12.1 Å². The predicted octanol–water partition coefficient (Wildman–Crippen LogP) is 4.95. The van der Waals surface area contributed by atoms with Crippen molar-refractivity contribution in [1.29, 1.82) is 0 Å². The van der Waals surface area contributed by atoms with Crippen LogP contribution >= 0.6 is 11.3 Å². The Hall–Kier alpha value is -2.61. The molecule has 2 aromatic carbocycles. The van der Waals surface area contributed by atoms with E-state index >= 15 is 0 Å². The predicted molar refractivity (Wildman–Crippen MR) is 102 cm³/mol. The molecule has 1 heterocycles. The molecule has 0 atom stereocenters. The van der Waals surface area contributed by atoms with Gasteiger partial charge < -0.3 is 10.2 Å². The summed E-state index contributed by atoms with van der Waals surface area (Å²) in [6, 6.07) is 11.5. The van der Waals surface area contributed by atoms with E-state index in [0.717, 1.165) is 21.3 Å². The van der Waals surface area contributed by atoms with Crippen molar-refractivity contribution in [3.8, 4) is 0 Å². The van der Waals surface area contributed by atoms with Crippen LogP contribution in [0.1, 0.15) is 17.0 Å². The van der Waals surface area contributed by atoms with Gasteiger partial charge in [-0.15, -0.1) is 11.3 Å². The standard InChI is InChI=1S/C19H18F3N3OS/c1-25(2)12-7-8-14(13(11-12)19(20,21)22)23-17(26)9-10-18-24-15-5-3-4-6-16(15)27-18/h3-8,11H,9-10H2,1-2H3,(H,23,26). The van der Waals surface area contributed by atoms with Gasteiger partial charge in [0.15, 0.2) is 0 Å². The third-order valence-electron chi connectivity index (χ3n) is 4.00. The summed E-state index contributed by atoms with van der Waals surface area (Å²) < 4.78 is 41.0. The van der Waals surface area contributed by atoms with Crippen LogP contribution in [-0.2, 0) is 17.4 Å². The molecule has 0 radical (unpaired) electrons. The lowest BCUT2D eigenvalue weighted by Crippen LogP contribution is -2.18. The van der Waals surface area contributed by atoms with Crippen LogP contribution in [-0.4, -0.2) is 25.0 Å². The van der Waals surface area contributed by atoms with Gasteiger partial charge in [0, 0.05) is 32.6 Å². The molecule has 0 saturated carbocycles. The van der Waals surface area contributed by atoms with Crippen molar-refractivity contribution in [2.75, 3.05) is 24.3 Å². The van der Waals surface area contributed by atoms with Gasteiger partial charge in [0.1, 0.15) is 0 Å². The van der Waals surface area contributed by atoms with Crippen molar-refractivity contribution >= 4 is 38.8 Å². The molecule has 0 aliphatic heterocycles. The van der Waals surface area contributed by atoms with Crippen LogP contribution in [0, 0.1) is 0 Å². The van der Waals surface area contributed by atoms with Crippen molar-refractivity contribution in [2.24, 2.45) is 0 Å². The van der Waals surface area contributed by atoms with Crippen LogP contribution in [0.2, 0.25) is 0 Å². The van der Waals surface area contributed by atoms with E-state index in [4.69, 9.17) is 0 Å². The fourth-order valence-corrected chi connectivity index (χ4v) is 3.58. The van der Waals surface area contributed by atoms with Gasteiger partial charge >= 0.3 is 6.18 Å². The molecular weight excluding hydrogens is 375 g/mol. The average molecular weight is 393 g/mol. The molecule has 0 aliphatic rings. The van der Waals surface area contributed by atoms with Crippen molar-refractivity contribution in [2.45, 2.75) is 19.0 Å². The van der Waals surface area contributed by atoms with E-state index in [9.17, 15) is 18.0 Å². The van der Waals surface area contributed by atoms with E-state index in [1.807, 2.05) is 24.3 Å². The van der Waals surface area contributed by atoms with Crippen LogP contribution in [0.15, 0.2) is 42.5 Å². The van der Waals surface area contributed by atoms with Gasteiger partial charge in [-0.3, -0.25) is 4.79 Å². The van der Waals surface area contributed by atoms with E-state index in [2.05, 4.69) is 10.3 Å². The van der Waals surface area contributed by atoms with Crippen LogP contribution in [0.4, 0.5) is 24.5 Å². The Labute approximate surface area is 158 Å². The number of amides is 1.